The van der Waals surface area contributed by atoms with Crippen LogP contribution in [0.4, 0.5) is 0 Å². The minimum Gasteiger partial charge on any atom is -0.481 e. The number of aliphatic carboxylic acids is 1. The first-order valence-electron chi connectivity index (χ1n) is 6.66. The maximum atomic E-state index is 11.6. The first-order valence-corrected chi connectivity index (χ1v) is 6.66. The van der Waals surface area contributed by atoms with E-state index in [-0.39, 0.29) is 18.4 Å². The van der Waals surface area contributed by atoms with Gasteiger partial charge in [-0.1, -0.05) is 33.1 Å². The Hall–Kier alpha value is -1.10. The first kappa shape index (κ1) is 16.9. The molecule has 5 nitrogen and oxygen atoms in total. The highest BCUT2D eigenvalue weighted by molar-refractivity contribution is 5.86. The van der Waals surface area contributed by atoms with Gasteiger partial charge in [0.1, 0.15) is 0 Å². The van der Waals surface area contributed by atoms with Crippen molar-refractivity contribution in [3.05, 3.63) is 0 Å². The van der Waals surface area contributed by atoms with Crippen molar-refractivity contribution in [1.82, 2.24) is 5.32 Å². The fourth-order valence-corrected chi connectivity index (χ4v) is 1.72. The molecule has 0 aromatic heterocycles. The first-order chi connectivity index (χ1) is 8.38. The molecular formula is C13H26N2O3. The number of carboxylic acid groups (broad SMARTS) is 1. The molecule has 0 fully saturated rings. The lowest BCUT2D eigenvalue weighted by Crippen LogP contribution is -2.47. The van der Waals surface area contributed by atoms with Gasteiger partial charge in [-0.05, 0) is 19.3 Å². The van der Waals surface area contributed by atoms with Gasteiger partial charge in [-0.2, -0.15) is 0 Å². The number of rotatable bonds is 9. The number of unbranched alkanes of at least 4 members (excludes halogenated alkanes) is 2. The second kappa shape index (κ2) is 8.91. The topological polar surface area (TPSA) is 92.4 Å². The summed E-state index contributed by atoms with van der Waals surface area (Å²) in [5.74, 6) is -1.06. The van der Waals surface area contributed by atoms with Crippen molar-refractivity contribution in [2.24, 2.45) is 11.7 Å². The van der Waals surface area contributed by atoms with Gasteiger partial charge in [-0.3, -0.25) is 9.59 Å². The largest absolute Gasteiger partial charge is 0.481 e. The maximum Gasteiger partial charge on any atom is 0.305 e. The number of carboxylic acids is 1. The summed E-state index contributed by atoms with van der Waals surface area (Å²) in [5.41, 5.74) is 5.50. The van der Waals surface area contributed by atoms with Crippen molar-refractivity contribution in [3.63, 3.8) is 0 Å². The summed E-state index contributed by atoms with van der Waals surface area (Å²) in [5, 5.41) is 11.3. The van der Waals surface area contributed by atoms with E-state index in [1.807, 2.05) is 6.92 Å². The van der Waals surface area contributed by atoms with Crippen molar-refractivity contribution in [2.45, 2.75) is 65.0 Å². The third-order valence-electron chi connectivity index (χ3n) is 3.22. The average molecular weight is 258 g/mol. The molecule has 0 radical (unpaired) electrons. The van der Waals surface area contributed by atoms with Gasteiger partial charge in [0.25, 0.3) is 0 Å². The molecule has 106 valence electrons. The maximum absolute atomic E-state index is 11.6. The van der Waals surface area contributed by atoms with Crippen molar-refractivity contribution in [1.29, 1.82) is 0 Å². The summed E-state index contributed by atoms with van der Waals surface area (Å²) in [6.07, 6.45) is 4.26. The Morgan fingerprint density at radius 3 is 2.39 bits per heavy atom. The highest BCUT2D eigenvalue weighted by Crippen LogP contribution is 2.13. The Morgan fingerprint density at radius 1 is 1.28 bits per heavy atom. The molecule has 4 N–H and O–H groups in total. The molecule has 5 heteroatoms. The number of nitrogens with two attached hydrogens (primary N) is 1. The van der Waals surface area contributed by atoms with E-state index in [9.17, 15) is 9.59 Å². The number of hydrogen-bond acceptors (Lipinski definition) is 3. The standard InChI is InChI=1S/C13H26N2O3/c1-4-5-6-7-9(2)10(3)15-13(18)11(14)8-12(16)17/h9-11H,4-8,14H2,1-3H3,(H,15,18)(H,16,17)/t9-,10+,11+/m0/s1. The normalized spacial score (nSPS) is 15.8. The van der Waals surface area contributed by atoms with Crippen LogP contribution in [0.3, 0.4) is 0 Å². The lowest BCUT2D eigenvalue weighted by atomic mass is 9.96. The summed E-state index contributed by atoms with van der Waals surface area (Å²) in [6, 6.07) is -0.943. The highest BCUT2D eigenvalue weighted by Gasteiger charge is 2.20. The highest BCUT2D eigenvalue weighted by atomic mass is 16.4. The Kier molecular flexibility index (Phi) is 8.37. The molecule has 0 aliphatic carbocycles. The third kappa shape index (κ3) is 7.27. The van der Waals surface area contributed by atoms with Crippen LogP contribution in [0.25, 0.3) is 0 Å². The molecule has 3 atom stereocenters. The molecule has 0 saturated heterocycles. The van der Waals surface area contributed by atoms with Crippen LogP contribution in [-0.2, 0) is 9.59 Å². The molecule has 0 saturated carbocycles. The zero-order chi connectivity index (χ0) is 14.1. The zero-order valence-electron chi connectivity index (χ0n) is 11.6. The number of nitrogens with one attached hydrogen (secondary N) is 1. The fourth-order valence-electron chi connectivity index (χ4n) is 1.72. The Labute approximate surface area is 109 Å². The van der Waals surface area contributed by atoms with Gasteiger partial charge in [0.2, 0.25) is 5.91 Å². The molecule has 0 aliphatic heterocycles. The molecule has 0 spiro atoms. The molecule has 0 aromatic carbocycles. The second-order valence-electron chi connectivity index (χ2n) is 4.97. The van der Waals surface area contributed by atoms with E-state index in [2.05, 4.69) is 19.2 Å². The minimum atomic E-state index is -1.05. The number of carbonyl (C=O) groups is 2. The van der Waals surface area contributed by atoms with E-state index in [4.69, 9.17) is 10.8 Å². The average Bonchev–Trinajstić information content (AvgIpc) is 2.28. The molecular weight excluding hydrogens is 232 g/mol. The van der Waals surface area contributed by atoms with E-state index in [1.165, 1.54) is 12.8 Å². The van der Waals surface area contributed by atoms with Gasteiger partial charge in [-0.15, -0.1) is 0 Å². The molecule has 0 unspecified atom stereocenters. The van der Waals surface area contributed by atoms with Gasteiger partial charge in [0.05, 0.1) is 12.5 Å². The van der Waals surface area contributed by atoms with Gasteiger partial charge < -0.3 is 16.2 Å². The smallest absolute Gasteiger partial charge is 0.305 e. The number of carbonyl (C=O) groups excluding carboxylic acids is 1. The lowest BCUT2D eigenvalue weighted by Gasteiger charge is -2.22. The quantitative estimate of drug-likeness (QED) is 0.547. The van der Waals surface area contributed by atoms with Gasteiger partial charge in [0.15, 0.2) is 0 Å². The Balaban J connectivity index is 4.01. The summed E-state index contributed by atoms with van der Waals surface area (Å²) < 4.78 is 0. The van der Waals surface area contributed by atoms with Gasteiger partial charge in [0, 0.05) is 6.04 Å². The number of hydrogen-bond donors (Lipinski definition) is 3. The van der Waals surface area contributed by atoms with E-state index < -0.39 is 12.0 Å². The molecule has 0 bridgehead atoms. The van der Waals surface area contributed by atoms with E-state index in [0.29, 0.717) is 5.92 Å². The van der Waals surface area contributed by atoms with Gasteiger partial charge in [-0.25, -0.2) is 0 Å². The van der Waals surface area contributed by atoms with Crippen molar-refractivity contribution < 1.29 is 14.7 Å². The van der Waals surface area contributed by atoms with Crippen molar-refractivity contribution in [2.75, 3.05) is 0 Å². The molecule has 0 aromatic rings. The zero-order valence-corrected chi connectivity index (χ0v) is 11.6. The van der Waals surface area contributed by atoms with Crippen LogP contribution in [-0.4, -0.2) is 29.1 Å². The minimum absolute atomic E-state index is 0.0224. The van der Waals surface area contributed by atoms with Crippen LogP contribution in [0.1, 0.15) is 52.9 Å². The van der Waals surface area contributed by atoms with Crippen LogP contribution in [0, 0.1) is 5.92 Å². The van der Waals surface area contributed by atoms with Gasteiger partial charge >= 0.3 is 5.97 Å². The third-order valence-corrected chi connectivity index (χ3v) is 3.22. The lowest BCUT2D eigenvalue weighted by molar-refractivity contribution is -0.139. The molecule has 0 rings (SSSR count). The number of amides is 1. The van der Waals surface area contributed by atoms with E-state index >= 15 is 0 Å². The second-order valence-corrected chi connectivity index (χ2v) is 4.97. The van der Waals surface area contributed by atoms with Crippen LogP contribution >= 0.6 is 0 Å². The Morgan fingerprint density at radius 2 is 1.89 bits per heavy atom. The van der Waals surface area contributed by atoms with Crippen LogP contribution in [0.15, 0.2) is 0 Å². The summed E-state index contributed by atoms with van der Waals surface area (Å²) in [7, 11) is 0. The predicted molar refractivity (Wildman–Crippen MR) is 71.1 cm³/mol. The Bertz CT molecular complexity index is 269. The molecule has 0 aliphatic rings. The molecule has 18 heavy (non-hydrogen) atoms. The van der Waals surface area contributed by atoms with Crippen molar-refractivity contribution in [3.8, 4) is 0 Å². The van der Waals surface area contributed by atoms with E-state index in [0.717, 1.165) is 12.8 Å². The SMILES string of the molecule is CCCCC[C@H](C)[C@@H](C)NC(=O)[C@H](N)CC(=O)O. The predicted octanol–water partition coefficient (Wildman–Crippen LogP) is 1.51. The summed E-state index contributed by atoms with van der Waals surface area (Å²) in [4.78, 5) is 22.1. The van der Waals surface area contributed by atoms with Crippen LogP contribution < -0.4 is 11.1 Å². The van der Waals surface area contributed by atoms with E-state index in [1.54, 1.807) is 0 Å². The summed E-state index contributed by atoms with van der Waals surface area (Å²) >= 11 is 0. The van der Waals surface area contributed by atoms with Crippen LogP contribution in [0.5, 0.6) is 0 Å². The molecule has 0 heterocycles. The monoisotopic (exact) mass is 258 g/mol. The van der Waals surface area contributed by atoms with Crippen molar-refractivity contribution >= 4 is 11.9 Å². The fraction of sp³-hybridized carbons (Fsp3) is 0.846. The van der Waals surface area contributed by atoms with Crippen LogP contribution in [0.2, 0.25) is 0 Å². The summed E-state index contributed by atoms with van der Waals surface area (Å²) in [6.45, 7) is 6.17. The molecule has 1 amide bonds.